The number of benzene rings is 2. The van der Waals surface area contributed by atoms with Gasteiger partial charge in [0.05, 0.1) is 12.7 Å². The molecule has 0 saturated carbocycles. The molecule has 2 aromatic carbocycles. The number of carbonyl (C=O) groups excluding carboxylic acids is 1. The number of methoxy groups -OCH3 is 1. The van der Waals surface area contributed by atoms with Crippen molar-refractivity contribution in [2.45, 2.75) is 20.3 Å². The van der Waals surface area contributed by atoms with Crippen LogP contribution in [0.3, 0.4) is 0 Å². The fourth-order valence-electron chi connectivity index (χ4n) is 3.30. The minimum Gasteiger partial charge on any atom is -0.497 e. The van der Waals surface area contributed by atoms with Gasteiger partial charge in [0.15, 0.2) is 0 Å². The molecule has 3 rings (SSSR count). The molecule has 0 spiro atoms. The SMILES string of the molecule is COc1ccc(-n2c(C)cc(C(=O)NCCCNc3ccccc3)c2C)cc1. The lowest BCUT2D eigenvalue weighted by Crippen LogP contribution is -2.26. The molecule has 2 N–H and O–H groups in total. The fourth-order valence-corrected chi connectivity index (χ4v) is 3.30. The molecule has 0 saturated heterocycles. The van der Waals surface area contributed by atoms with Gasteiger partial charge in [-0.15, -0.1) is 0 Å². The highest BCUT2D eigenvalue weighted by molar-refractivity contribution is 5.95. The second-order valence-corrected chi connectivity index (χ2v) is 6.72. The van der Waals surface area contributed by atoms with Gasteiger partial charge < -0.3 is 19.9 Å². The van der Waals surface area contributed by atoms with Gasteiger partial charge in [-0.05, 0) is 62.7 Å². The van der Waals surface area contributed by atoms with Gasteiger partial charge in [0, 0.05) is 35.9 Å². The number of carbonyl (C=O) groups is 1. The van der Waals surface area contributed by atoms with Crippen LogP contribution < -0.4 is 15.4 Å². The molecule has 0 atom stereocenters. The number of para-hydroxylation sites is 1. The number of amides is 1. The molecule has 0 aliphatic heterocycles. The predicted molar refractivity (Wildman–Crippen MR) is 114 cm³/mol. The van der Waals surface area contributed by atoms with Crippen LogP contribution in [0.4, 0.5) is 5.69 Å². The van der Waals surface area contributed by atoms with E-state index in [2.05, 4.69) is 15.2 Å². The minimum absolute atomic E-state index is 0.0347. The van der Waals surface area contributed by atoms with Crippen LogP contribution >= 0.6 is 0 Å². The fraction of sp³-hybridized carbons (Fsp3) is 0.261. The molecule has 1 heterocycles. The van der Waals surface area contributed by atoms with Crippen molar-refractivity contribution in [2.75, 3.05) is 25.5 Å². The Bertz CT molecular complexity index is 915. The molecule has 1 amide bonds. The van der Waals surface area contributed by atoms with E-state index in [9.17, 15) is 4.79 Å². The standard InChI is InChI=1S/C23H27N3O2/c1-17-16-22(18(2)26(17)20-10-12-21(28-3)13-11-20)23(27)25-15-7-14-24-19-8-5-4-6-9-19/h4-6,8-13,16,24H,7,14-15H2,1-3H3,(H,25,27). The molecule has 5 heteroatoms. The number of nitrogens with zero attached hydrogens (tertiary/aromatic N) is 1. The molecule has 28 heavy (non-hydrogen) atoms. The number of aromatic nitrogens is 1. The third kappa shape index (κ3) is 4.55. The zero-order chi connectivity index (χ0) is 19.9. The van der Waals surface area contributed by atoms with Crippen LogP contribution in [-0.4, -0.2) is 30.7 Å². The van der Waals surface area contributed by atoms with Crippen molar-refractivity contribution in [1.29, 1.82) is 0 Å². The summed E-state index contributed by atoms with van der Waals surface area (Å²) in [4.78, 5) is 12.6. The van der Waals surface area contributed by atoms with Crippen molar-refractivity contribution in [2.24, 2.45) is 0 Å². The van der Waals surface area contributed by atoms with Gasteiger partial charge >= 0.3 is 0 Å². The Morgan fingerprint density at radius 3 is 2.39 bits per heavy atom. The first-order valence-electron chi connectivity index (χ1n) is 9.50. The lowest BCUT2D eigenvalue weighted by atomic mass is 10.2. The Balaban J connectivity index is 1.58. The first-order chi connectivity index (χ1) is 13.6. The maximum absolute atomic E-state index is 12.6. The maximum atomic E-state index is 12.6. The monoisotopic (exact) mass is 377 g/mol. The molecular formula is C23H27N3O2. The second-order valence-electron chi connectivity index (χ2n) is 6.72. The van der Waals surface area contributed by atoms with E-state index in [0.717, 1.165) is 41.5 Å². The van der Waals surface area contributed by atoms with Gasteiger partial charge in [0.2, 0.25) is 0 Å². The van der Waals surface area contributed by atoms with E-state index >= 15 is 0 Å². The first-order valence-corrected chi connectivity index (χ1v) is 9.50. The number of rotatable bonds is 8. The summed E-state index contributed by atoms with van der Waals surface area (Å²) in [6.07, 6.45) is 0.859. The summed E-state index contributed by atoms with van der Waals surface area (Å²) in [5.41, 5.74) is 4.78. The summed E-state index contributed by atoms with van der Waals surface area (Å²) in [5, 5.41) is 6.37. The molecule has 0 radical (unpaired) electrons. The maximum Gasteiger partial charge on any atom is 0.253 e. The van der Waals surface area contributed by atoms with Crippen LogP contribution in [0.15, 0.2) is 60.7 Å². The quantitative estimate of drug-likeness (QED) is 0.574. The zero-order valence-electron chi connectivity index (χ0n) is 16.7. The van der Waals surface area contributed by atoms with E-state index in [1.807, 2.05) is 74.5 Å². The van der Waals surface area contributed by atoms with Gasteiger partial charge in [-0.25, -0.2) is 0 Å². The van der Waals surface area contributed by atoms with Crippen LogP contribution in [0.25, 0.3) is 5.69 Å². The van der Waals surface area contributed by atoms with Crippen molar-refractivity contribution in [3.8, 4) is 11.4 Å². The molecular weight excluding hydrogens is 350 g/mol. The molecule has 1 aromatic heterocycles. The van der Waals surface area contributed by atoms with E-state index in [1.54, 1.807) is 7.11 Å². The van der Waals surface area contributed by atoms with Gasteiger partial charge in [0.1, 0.15) is 5.75 Å². The highest BCUT2D eigenvalue weighted by atomic mass is 16.5. The van der Waals surface area contributed by atoms with Crippen molar-refractivity contribution in [3.63, 3.8) is 0 Å². The van der Waals surface area contributed by atoms with Crippen LogP contribution in [0.2, 0.25) is 0 Å². The van der Waals surface area contributed by atoms with Crippen LogP contribution in [0, 0.1) is 13.8 Å². The zero-order valence-corrected chi connectivity index (χ0v) is 16.7. The number of hydrogen-bond donors (Lipinski definition) is 2. The summed E-state index contributed by atoms with van der Waals surface area (Å²) in [6, 6.07) is 19.8. The number of aryl methyl sites for hydroxylation is 1. The van der Waals surface area contributed by atoms with E-state index in [4.69, 9.17) is 4.74 Å². The third-order valence-corrected chi connectivity index (χ3v) is 4.75. The third-order valence-electron chi connectivity index (χ3n) is 4.75. The van der Waals surface area contributed by atoms with E-state index in [-0.39, 0.29) is 5.91 Å². The van der Waals surface area contributed by atoms with E-state index < -0.39 is 0 Å². The topological polar surface area (TPSA) is 55.3 Å². The normalized spacial score (nSPS) is 10.5. The Hall–Kier alpha value is -3.21. The van der Waals surface area contributed by atoms with Crippen molar-refractivity contribution < 1.29 is 9.53 Å². The first kappa shape index (κ1) is 19.5. The summed E-state index contributed by atoms with van der Waals surface area (Å²) in [7, 11) is 1.65. The molecule has 3 aromatic rings. The molecule has 0 aliphatic rings. The van der Waals surface area contributed by atoms with Gasteiger partial charge in [0.25, 0.3) is 5.91 Å². The lowest BCUT2D eigenvalue weighted by Gasteiger charge is -2.11. The number of anilines is 1. The van der Waals surface area contributed by atoms with Gasteiger partial charge in [-0.1, -0.05) is 18.2 Å². The van der Waals surface area contributed by atoms with E-state index in [0.29, 0.717) is 12.1 Å². The Kier molecular flexibility index (Phi) is 6.37. The number of nitrogens with one attached hydrogen (secondary N) is 2. The molecule has 0 bridgehead atoms. The Morgan fingerprint density at radius 1 is 1.00 bits per heavy atom. The number of ether oxygens (including phenoxy) is 1. The summed E-state index contributed by atoms with van der Waals surface area (Å²) in [5.74, 6) is 0.779. The largest absolute Gasteiger partial charge is 0.497 e. The van der Waals surface area contributed by atoms with Gasteiger partial charge in [-0.3, -0.25) is 4.79 Å². The Morgan fingerprint density at radius 2 is 1.71 bits per heavy atom. The average molecular weight is 377 g/mol. The second kappa shape index (κ2) is 9.13. The summed E-state index contributed by atoms with van der Waals surface area (Å²) in [6.45, 7) is 5.43. The van der Waals surface area contributed by atoms with E-state index in [1.165, 1.54) is 0 Å². The predicted octanol–water partition coefficient (Wildman–Crippen LogP) is 4.33. The van der Waals surface area contributed by atoms with Crippen LogP contribution in [0.1, 0.15) is 28.2 Å². The Labute approximate surface area is 166 Å². The van der Waals surface area contributed by atoms with Gasteiger partial charge in [-0.2, -0.15) is 0 Å². The van der Waals surface area contributed by atoms with Crippen LogP contribution in [0.5, 0.6) is 5.75 Å². The molecule has 0 unspecified atom stereocenters. The van der Waals surface area contributed by atoms with Crippen molar-refractivity contribution in [3.05, 3.63) is 77.6 Å². The van der Waals surface area contributed by atoms with Crippen molar-refractivity contribution in [1.82, 2.24) is 9.88 Å². The highest BCUT2D eigenvalue weighted by Gasteiger charge is 2.16. The average Bonchev–Trinajstić information content (AvgIpc) is 3.02. The van der Waals surface area contributed by atoms with Crippen molar-refractivity contribution >= 4 is 11.6 Å². The molecule has 0 fully saturated rings. The highest BCUT2D eigenvalue weighted by Crippen LogP contribution is 2.22. The lowest BCUT2D eigenvalue weighted by molar-refractivity contribution is 0.0953. The summed E-state index contributed by atoms with van der Waals surface area (Å²) < 4.78 is 7.31. The van der Waals surface area contributed by atoms with Crippen LogP contribution in [-0.2, 0) is 0 Å². The molecule has 146 valence electrons. The minimum atomic E-state index is -0.0347. The smallest absolute Gasteiger partial charge is 0.253 e. The molecule has 5 nitrogen and oxygen atoms in total. The number of hydrogen-bond acceptors (Lipinski definition) is 3. The molecule has 0 aliphatic carbocycles. The summed E-state index contributed by atoms with van der Waals surface area (Å²) >= 11 is 0.